The summed E-state index contributed by atoms with van der Waals surface area (Å²) in [5, 5.41) is 3.73. The van der Waals surface area contributed by atoms with Crippen molar-refractivity contribution in [3.05, 3.63) is 31.8 Å². The fourth-order valence-corrected chi connectivity index (χ4v) is 3.64. The molecule has 1 N–H and O–H groups in total. The molecule has 1 aromatic carbocycles. The van der Waals surface area contributed by atoms with Gasteiger partial charge >= 0.3 is 0 Å². The Morgan fingerprint density at radius 1 is 1.42 bits per heavy atom. The van der Waals surface area contributed by atoms with Crippen LogP contribution in [0.4, 0.5) is 0 Å². The van der Waals surface area contributed by atoms with Gasteiger partial charge in [-0.2, -0.15) is 0 Å². The van der Waals surface area contributed by atoms with E-state index in [1.165, 1.54) is 20.0 Å². The minimum atomic E-state index is 0.438. The molecule has 0 spiro atoms. The van der Waals surface area contributed by atoms with Crippen molar-refractivity contribution in [3.63, 3.8) is 0 Å². The highest BCUT2D eigenvalue weighted by atomic mass is 127. The van der Waals surface area contributed by atoms with Crippen LogP contribution in [0.25, 0.3) is 0 Å². The van der Waals surface area contributed by atoms with E-state index in [4.69, 9.17) is 4.74 Å². The molecule has 1 saturated heterocycles. The van der Waals surface area contributed by atoms with E-state index in [1.54, 1.807) is 0 Å². The average Bonchev–Trinajstić information content (AvgIpc) is 2.44. The molecule has 1 heterocycles. The van der Waals surface area contributed by atoms with Gasteiger partial charge in [0.05, 0.1) is 0 Å². The van der Waals surface area contributed by atoms with Crippen molar-refractivity contribution in [1.82, 2.24) is 5.32 Å². The Morgan fingerprint density at radius 2 is 2.16 bits per heavy atom. The van der Waals surface area contributed by atoms with Crippen molar-refractivity contribution in [2.45, 2.75) is 32.2 Å². The van der Waals surface area contributed by atoms with Crippen LogP contribution in [0.2, 0.25) is 0 Å². The van der Waals surface area contributed by atoms with E-state index in [2.05, 4.69) is 69.0 Å². The number of nitrogens with one attached hydrogen (secondary N) is 1. The largest absolute Gasteiger partial charge is 0.381 e. The fourth-order valence-electron chi connectivity index (χ4n) is 2.63. The lowest BCUT2D eigenvalue weighted by Gasteiger charge is -2.32. The summed E-state index contributed by atoms with van der Waals surface area (Å²) in [6.45, 7) is 5.09. The monoisotopic (exact) mass is 437 g/mol. The van der Waals surface area contributed by atoms with E-state index in [9.17, 15) is 0 Å². The van der Waals surface area contributed by atoms with Crippen LogP contribution >= 0.6 is 38.5 Å². The maximum atomic E-state index is 5.50. The average molecular weight is 438 g/mol. The number of benzene rings is 1. The zero-order valence-corrected chi connectivity index (χ0v) is 15.0. The van der Waals surface area contributed by atoms with Gasteiger partial charge in [0.2, 0.25) is 0 Å². The van der Waals surface area contributed by atoms with E-state index >= 15 is 0 Å². The molecule has 1 atom stereocenters. The maximum Gasteiger partial charge on any atom is 0.0469 e. The molecule has 1 fully saturated rings. The molecule has 4 heteroatoms. The first kappa shape index (κ1) is 15.7. The van der Waals surface area contributed by atoms with E-state index < -0.39 is 0 Å². The third-order valence-electron chi connectivity index (χ3n) is 3.64. The van der Waals surface area contributed by atoms with Crippen LogP contribution in [0, 0.1) is 9.49 Å². The third kappa shape index (κ3) is 4.41. The molecule has 0 saturated carbocycles. The molecule has 19 heavy (non-hydrogen) atoms. The van der Waals surface area contributed by atoms with Crippen molar-refractivity contribution >= 4 is 38.5 Å². The summed E-state index contributed by atoms with van der Waals surface area (Å²) in [4.78, 5) is 0. The predicted molar refractivity (Wildman–Crippen MR) is 91.4 cm³/mol. The lowest BCUT2D eigenvalue weighted by atomic mass is 9.87. The lowest BCUT2D eigenvalue weighted by molar-refractivity contribution is 0.0535. The molecule has 0 radical (unpaired) electrons. The maximum absolute atomic E-state index is 5.50. The molecule has 0 bridgehead atoms. The van der Waals surface area contributed by atoms with Crippen molar-refractivity contribution in [2.24, 2.45) is 5.92 Å². The quantitative estimate of drug-likeness (QED) is 0.683. The Kier molecular flexibility index (Phi) is 6.59. The second-order valence-corrected chi connectivity index (χ2v) is 7.15. The van der Waals surface area contributed by atoms with Crippen molar-refractivity contribution in [2.75, 3.05) is 19.8 Å². The van der Waals surface area contributed by atoms with Gasteiger partial charge in [-0.25, -0.2) is 0 Å². The van der Waals surface area contributed by atoms with Crippen LogP contribution in [0.5, 0.6) is 0 Å². The standard InChI is InChI=1S/C15H21BrINO/c1-2-7-18-15(11-5-8-19-9-6-11)13-10-12(17)3-4-14(13)16/h3-4,10-11,15,18H,2,5-9H2,1H3. The molecule has 106 valence electrons. The smallest absolute Gasteiger partial charge is 0.0469 e. The summed E-state index contributed by atoms with van der Waals surface area (Å²) in [5.74, 6) is 0.676. The van der Waals surface area contributed by atoms with E-state index in [0.717, 1.165) is 32.6 Å². The number of hydrogen-bond acceptors (Lipinski definition) is 2. The molecule has 1 aromatic rings. The highest BCUT2D eigenvalue weighted by Crippen LogP contribution is 2.34. The number of ether oxygens (including phenoxy) is 1. The first-order valence-electron chi connectivity index (χ1n) is 6.98. The van der Waals surface area contributed by atoms with Crippen molar-refractivity contribution in [1.29, 1.82) is 0 Å². The van der Waals surface area contributed by atoms with Gasteiger partial charge in [0.25, 0.3) is 0 Å². The lowest BCUT2D eigenvalue weighted by Crippen LogP contribution is -2.33. The normalized spacial score (nSPS) is 18.5. The Bertz CT molecular complexity index is 407. The fraction of sp³-hybridized carbons (Fsp3) is 0.600. The van der Waals surface area contributed by atoms with Crippen LogP contribution in [-0.2, 0) is 4.74 Å². The second kappa shape index (κ2) is 7.96. The van der Waals surface area contributed by atoms with E-state index in [-0.39, 0.29) is 0 Å². The highest BCUT2D eigenvalue weighted by molar-refractivity contribution is 14.1. The molecule has 1 unspecified atom stereocenters. The van der Waals surface area contributed by atoms with Crippen molar-refractivity contribution < 1.29 is 4.74 Å². The van der Waals surface area contributed by atoms with Crippen LogP contribution in [0.3, 0.4) is 0 Å². The molecular formula is C15H21BrINO. The van der Waals surface area contributed by atoms with Gasteiger partial charge in [0.15, 0.2) is 0 Å². The Hall–Kier alpha value is 0.350. The molecule has 1 aliphatic heterocycles. The van der Waals surface area contributed by atoms with Crippen LogP contribution < -0.4 is 5.32 Å². The summed E-state index contributed by atoms with van der Waals surface area (Å²) in [5.41, 5.74) is 1.40. The predicted octanol–water partition coefficient (Wildman–Crippen LogP) is 4.52. The van der Waals surface area contributed by atoms with Gasteiger partial charge in [-0.1, -0.05) is 22.9 Å². The first-order valence-corrected chi connectivity index (χ1v) is 8.85. The van der Waals surface area contributed by atoms with Gasteiger partial charge in [-0.05, 0) is 78.1 Å². The number of rotatable bonds is 5. The summed E-state index contributed by atoms with van der Waals surface area (Å²) >= 11 is 6.11. The topological polar surface area (TPSA) is 21.3 Å². The van der Waals surface area contributed by atoms with Gasteiger partial charge in [0, 0.05) is 27.3 Å². The molecule has 2 nitrogen and oxygen atoms in total. The second-order valence-electron chi connectivity index (χ2n) is 5.05. The van der Waals surface area contributed by atoms with E-state index in [1.807, 2.05) is 0 Å². The van der Waals surface area contributed by atoms with Gasteiger partial charge in [-0.15, -0.1) is 0 Å². The Morgan fingerprint density at radius 3 is 2.84 bits per heavy atom. The molecule has 0 amide bonds. The van der Waals surface area contributed by atoms with Crippen LogP contribution in [-0.4, -0.2) is 19.8 Å². The zero-order valence-electron chi connectivity index (χ0n) is 11.3. The van der Waals surface area contributed by atoms with Gasteiger partial charge in [-0.3, -0.25) is 0 Å². The molecule has 1 aliphatic rings. The van der Waals surface area contributed by atoms with Crippen molar-refractivity contribution in [3.8, 4) is 0 Å². The first-order chi connectivity index (χ1) is 9.22. The summed E-state index contributed by atoms with van der Waals surface area (Å²) in [6.07, 6.45) is 3.47. The molecule has 0 aromatic heterocycles. The third-order valence-corrected chi connectivity index (χ3v) is 5.04. The minimum Gasteiger partial charge on any atom is -0.381 e. The molecule has 2 rings (SSSR count). The summed E-state index contributed by atoms with van der Waals surface area (Å²) in [6, 6.07) is 7.05. The SMILES string of the molecule is CCCNC(c1cc(I)ccc1Br)C1CCOCC1. The molecular weight excluding hydrogens is 417 g/mol. The minimum absolute atomic E-state index is 0.438. The van der Waals surface area contributed by atoms with Crippen LogP contribution in [0.15, 0.2) is 22.7 Å². The number of hydrogen-bond donors (Lipinski definition) is 1. The van der Waals surface area contributed by atoms with Crippen LogP contribution in [0.1, 0.15) is 37.8 Å². The Balaban J connectivity index is 2.22. The summed E-state index contributed by atoms with van der Waals surface area (Å²) < 4.78 is 8.02. The zero-order chi connectivity index (χ0) is 13.7. The van der Waals surface area contributed by atoms with Gasteiger partial charge < -0.3 is 10.1 Å². The number of halogens is 2. The summed E-state index contributed by atoms with van der Waals surface area (Å²) in [7, 11) is 0. The molecule has 0 aliphatic carbocycles. The highest BCUT2D eigenvalue weighted by Gasteiger charge is 2.26. The van der Waals surface area contributed by atoms with Gasteiger partial charge in [0.1, 0.15) is 0 Å². The van der Waals surface area contributed by atoms with E-state index in [0.29, 0.717) is 12.0 Å². The Labute approximate surface area is 138 Å².